The smallest absolute Gasteiger partial charge is 0.222 e. The third-order valence-corrected chi connectivity index (χ3v) is 1.66. The first-order valence-electron chi connectivity index (χ1n) is 4.32. The van der Waals surface area contributed by atoms with Gasteiger partial charge in [-0.15, -0.1) is 0 Å². The van der Waals surface area contributed by atoms with Gasteiger partial charge >= 0.3 is 0 Å². The Morgan fingerprint density at radius 1 is 1.50 bits per heavy atom. The molecule has 1 aromatic rings. The van der Waals surface area contributed by atoms with Gasteiger partial charge in [0.05, 0.1) is 0 Å². The molecule has 0 aliphatic heterocycles. The molecule has 1 heterocycles. The Bertz CT molecular complexity index is 366. The van der Waals surface area contributed by atoms with E-state index in [2.05, 4.69) is 18.1 Å². The van der Waals surface area contributed by atoms with Gasteiger partial charge in [-0.25, -0.2) is 4.98 Å². The van der Waals surface area contributed by atoms with Gasteiger partial charge in [-0.05, 0) is 25.1 Å². The molecule has 0 atom stereocenters. The van der Waals surface area contributed by atoms with Crippen LogP contribution in [0.25, 0.3) is 0 Å². The van der Waals surface area contributed by atoms with Crippen molar-refractivity contribution >= 4 is 0 Å². The van der Waals surface area contributed by atoms with Gasteiger partial charge in [0.2, 0.25) is 5.88 Å². The fourth-order valence-corrected chi connectivity index (χ4v) is 0.950. The van der Waals surface area contributed by atoms with Gasteiger partial charge < -0.3 is 4.74 Å². The molecule has 0 amide bonds. The molecular formula is C12H13NO. The van der Waals surface area contributed by atoms with Crippen molar-refractivity contribution in [2.24, 2.45) is 0 Å². The predicted octanol–water partition coefficient (Wildman–Crippen LogP) is 3.02. The molecule has 0 spiro atoms. The molecule has 1 aromatic heterocycles. The van der Waals surface area contributed by atoms with Crippen LogP contribution in [0.3, 0.4) is 0 Å². The quantitative estimate of drug-likeness (QED) is 0.534. The number of aryl methyl sites for hydroxylation is 1. The summed E-state index contributed by atoms with van der Waals surface area (Å²) in [6.07, 6.45) is 6.70. The van der Waals surface area contributed by atoms with Crippen LogP contribution < -0.4 is 4.74 Å². The fraction of sp³-hybridized carbons (Fsp3) is 0.0833. The lowest BCUT2D eigenvalue weighted by Crippen LogP contribution is -1.95. The van der Waals surface area contributed by atoms with Crippen LogP contribution in [0.4, 0.5) is 0 Å². The van der Waals surface area contributed by atoms with Crippen molar-refractivity contribution < 1.29 is 4.74 Å². The van der Waals surface area contributed by atoms with Crippen molar-refractivity contribution in [2.75, 3.05) is 0 Å². The van der Waals surface area contributed by atoms with Crippen molar-refractivity contribution in [3.8, 4) is 5.88 Å². The average molecular weight is 187 g/mol. The molecule has 0 aromatic carbocycles. The maximum absolute atomic E-state index is 5.50. The van der Waals surface area contributed by atoms with Crippen LogP contribution in [0.2, 0.25) is 0 Å². The van der Waals surface area contributed by atoms with Gasteiger partial charge in [0.1, 0.15) is 5.76 Å². The van der Waals surface area contributed by atoms with Gasteiger partial charge in [0, 0.05) is 11.8 Å². The summed E-state index contributed by atoms with van der Waals surface area (Å²) in [5, 5.41) is 0. The van der Waals surface area contributed by atoms with Gasteiger partial charge in [-0.3, -0.25) is 0 Å². The highest BCUT2D eigenvalue weighted by Gasteiger charge is 2.00. The summed E-state index contributed by atoms with van der Waals surface area (Å²) < 4.78 is 5.50. The van der Waals surface area contributed by atoms with E-state index in [0.717, 1.165) is 5.56 Å². The first-order valence-corrected chi connectivity index (χ1v) is 4.32. The largest absolute Gasteiger partial charge is 0.439 e. The lowest BCUT2D eigenvalue weighted by molar-refractivity contribution is 0.423. The Hall–Kier alpha value is -1.83. The molecule has 2 nitrogen and oxygen atoms in total. The zero-order valence-electron chi connectivity index (χ0n) is 8.23. The molecule has 0 saturated carbocycles. The molecule has 0 radical (unpaired) electrons. The normalized spacial score (nSPS) is 10.8. The van der Waals surface area contributed by atoms with Gasteiger partial charge in [-0.1, -0.05) is 25.3 Å². The standard InChI is InChI=1S/C12H13NO/c1-4-7-11(5-2)14-12-10(3)8-6-9-13-12/h4-9H,1-2H2,3H3/b11-7+. The summed E-state index contributed by atoms with van der Waals surface area (Å²) in [5.41, 5.74) is 0.990. The molecule has 72 valence electrons. The first-order chi connectivity index (χ1) is 6.77. The molecule has 0 saturated heterocycles. The lowest BCUT2D eigenvalue weighted by Gasteiger charge is -2.06. The molecule has 0 aliphatic carbocycles. The SMILES string of the molecule is C=C/C=C(\C=C)Oc1ncccc1C. The Morgan fingerprint density at radius 3 is 2.86 bits per heavy atom. The Labute approximate surface area is 84.3 Å². The summed E-state index contributed by atoms with van der Waals surface area (Å²) in [6, 6.07) is 3.81. The number of hydrogen-bond donors (Lipinski definition) is 0. The molecule has 0 N–H and O–H groups in total. The highest BCUT2D eigenvalue weighted by atomic mass is 16.5. The van der Waals surface area contributed by atoms with Crippen molar-refractivity contribution in [3.05, 3.63) is 61.0 Å². The summed E-state index contributed by atoms with van der Waals surface area (Å²) in [4.78, 5) is 4.10. The Kier molecular flexibility index (Phi) is 3.68. The third kappa shape index (κ3) is 2.59. The molecule has 0 unspecified atom stereocenters. The zero-order valence-corrected chi connectivity index (χ0v) is 8.23. The lowest BCUT2D eigenvalue weighted by atomic mass is 10.3. The summed E-state index contributed by atoms with van der Waals surface area (Å²) in [7, 11) is 0. The monoisotopic (exact) mass is 187 g/mol. The van der Waals surface area contributed by atoms with E-state index in [1.165, 1.54) is 0 Å². The number of hydrogen-bond acceptors (Lipinski definition) is 2. The van der Waals surface area contributed by atoms with Crippen LogP contribution >= 0.6 is 0 Å². The van der Waals surface area contributed by atoms with Crippen LogP contribution in [0.15, 0.2) is 55.5 Å². The van der Waals surface area contributed by atoms with Crippen LogP contribution in [-0.4, -0.2) is 4.98 Å². The fourth-order valence-electron chi connectivity index (χ4n) is 0.950. The molecule has 0 bridgehead atoms. The minimum atomic E-state index is 0.598. The summed E-state index contributed by atoms with van der Waals surface area (Å²) >= 11 is 0. The van der Waals surface area contributed by atoms with Gasteiger partial charge in [0.15, 0.2) is 0 Å². The summed E-state index contributed by atoms with van der Waals surface area (Å²) in [5.74, 6) is 1.24. The van der Waals surface area contributed by atoms with Crippen molar-refractivity contribution in [3.63, 3.8) is 0 Å². The maximum atomic E-state index is 5.50. The topological polar surface area (TPSA) is 22.1 Å². The molecular weight excluding hydrogens is 174 g/mol. The van der Waals surface area contributed by atoms with E-state index < -0.39 is 0 Å². The molecule has 14 heavy (non-hydrogen) atoms. The van der Waals surface area contributed by atoms with E-state index in [4.69, 9.17) is 4.74 Å². The third-order valence-electron chi connectivity index (χ3n) is 1.66. The number of allylic oxidation sites excluding steroid dienone is 3. The van der Waals surface area contributed by atoms with Gasteiger partial charge in [-0.2, -0.15) is 0 Å². The van der Waals surface area contributed by atoms with Crippen molar-refractivity contribution in [1.82, 2.24) is 4.98 Å². The number of ether oxygens (including phenoxy) is 1. The summed E-state index contributed by atoms with van der Waals surface area (Å²) in [6.45, 7) is 9.17. The minimum absolute atomic E-state index is 0.598. The maximum Gasteiger partial charge on any atom is 0.222 e. The zero-order chi connectivity index (χ0) is 10.4. The van der Waals surface area contributed by atoms with E-state index in [1.54, 1.807) is 24.4 Å². The second-order valence-corrected chi connectivity index (χ2v) is 2.74. The minimum Gasteiger partial charge on any atom is -0.439 e. The Balaban J connectivity index is 2.87. The van der Waals surface area contributed by atoms with Crippen molar-refractivity contribution in [1.29, 1.82) is 0 Å². The predicted molar refractivity (Wildman–Crippen MR) is 58.1 cm³/mol. The second-order valence-electron chi connectivity index (χ2n) is 2.74. The highest BCUT2D eigenvalue weighted by Crippen LogP contribution is 2.15. The van der Waals surface area contributed by atoms with Crippen LogP contribution in [0, 0.1) is 6.92 Å². The van der Waals surface area contributed by atoms with Crippen molar-refractivity contribution in [2.45, 2.75) is 6.92 Å². The number of pyridine rings is 1. The van der Waals surface area contributed by atoms with Crippen LogP contribution in [0.5, 0.6) is 5.88 Å². The molecule has 1 rings (SSSR count). The van der Waals surface area contributed by atoms with Crippen LogP contribution in [-0.2, 0) is 0 Å². The van der Waals surface area contributed by atoms with E-state index in [-0.39, 0.29) is 0 Å². The van der Waals surface area contributed by atoms with E-state index in [0.29, 0.717) is 11.6 Å². The second kappa shape index (κ2) is 5.02. The molecule has 0 aliphatic rings. The number of nitrogens with zero attached hydrogens (tertiary/aromatic N) is 1. The molecule has 2 heteroatoms. The Morgan fingerprint density at radius 2 is 2.29 bits per heavy atom. The number of aromatic nitrogens is 1. The van der Waals surface area contributed by atoms with E-state index >= 15 is 0 Å². The van der Waals surface area contributed by atoms with E-state index in [1.807, 2.05) is 19.1 Å². The van der Waals surface area contributed by atoms with Gasteiger partial charge in [0.25, 0.3) is 0 Å². The first kappa shape index (κ1) is 10.3. The number of rotatable bonds is 4. The van der Waals surface area contributed by atoms with Crippen LogP contribution in [0.1, 0.15) is 5.56 Å². The van der Waals surface area contributed by atoms with E-state index in [9.17, 15) is 0 Å². The average Bonchev–Trinajstić information content (AvgIpc) is 2.20. The highest BCUT2D eigenvalue weighted by molar-refractivity contribution is 5.28. The molecule has 0 fully saturated rings.